The van der Waals surface area contributed by atoms with Crippen LogP contribution in [0.4, 0.5) is 10.9 Å². The Bertz CT molecular complexity index is 405. The summed E-state index contributed by atoms with van der Waals surface area (Å²) in [6, 6.07) is 0. The molecule has 0 radical (unpaired) electrons. The fourth-order valence-corrected chi connectivity index (χ4v) is 2.40. The first-order chi connectivity index (χ1) is 8.53. The average Bonchev–Trinajstić information content (AvgIpc) is 2.76. The number of rotatable bonds is 6. The van der Waals surface area contributed by atoms with Crippen molar-refractivity contribution in [2.75, 3.05) is 31.2 Å². The smallest absolute Gasteiger partial charge is 0.267 e. The minimum absolute atomic E-state index is 0.0192. The van der Waals surface area contributed by atoms with Crippen LogP contribution in [0.3, 0.4) is 0 Å². The van der Waals surface area contributed by atoms with Crippen molar-refractivity contribution in [2.45, 2.75) is 27.2 Å². The number of nitrogens with zero attached hydrogens (tertiary/aromatic N) is 2. The third kappa shape index (κ3) is 3.35. The molecular weight excluding hydrogens is 248 g/mol. The minimum Gasteiger partial charge on any atom is -0.382 e. The normalized spacial score (nSPS) is 12.2. The Hall–Kier alpha value is -1.30. The molecule has 0 spiro atoms. The molecule has 1 atom stereocenters. The van der Waals surface area contributed by atoms with Gasteiger partial charge in [-0.25, -0.2) is 4.98 Å². The molecule has 6 heteroatoms. The molecule has 1 unspecified atom stereocenters. The van der Waals surface area contributed by atoms with Crippen LogP contribution in [0.25, 0.3) is 0 Å². The molecule has 18 heavy (non-hydrogen) atoms. The van der Waals surface area contributed by atoms with Crippen molar-refractivity contribution >= 4 is 28.2 Å². The van der Waals surface area contributed by atoms with Gasteiger partial charge in [0.25, 0.3) is 5.91 Å². The van der Waals surface area contributed by atoms with Gasteiger partial charge in [0.1, 0.15) is 10.7 Å². The van der Waals surface area contributed by atoms with E-state index >= 15 is 0 Å². The van der Waals surface area contributed by atoms with Crippen LogP contribution in [0, 0.1) is 5.92 Å². The monoisotopic (exact) mass is 270 g/mol. The topological polar surface area (TPSA) is 71.2 Å². The standard InChI is InChI=1S/C12H22N4OS/c1-5-8(3)7-16(6-2)11(17)9-10(13)15-12(14-4)18-9/h8H,5-7,13H2,1-4H3,(H,14,15). The number of nitrogens with one attached hydrogen (secondary N) is 1. The number of carbonyl (C=O) groups is 1. The molecule has 5 nitrogen and oxygen atoms in total. The fraction of sp³-hybridized carbons (Fsp3) is 0.667. The van der Waals surface area contributed by atoms with E-state index in [0.717, 1.165) is 13.0 Å². The molecule has 1 amide bonds. The predicted octanol–water partition coefficient (Wildman–Crippen LogP) is 2.28. The largest absolute Gasteiger partial charge is 0.382 e. The molecule has 102 valence electrons. The van der Waals surface area contributed by atoms with E-state index in [1.165, 1.54) is 11.3 Å². The van der Waals surface area contributed by atoms with Gasteiger partial charge in [-0.2, -0.15) is 0 Å². The van der Waals surface area contributed by atoms with Gasteiger partial charge in [0.2, 0.25) is 0 Å². The van der Waals surface area contributed by atoms with E-state index < -0.39 is 0 Å². The lowest BCUT2D eigenvalue weighted by molar-refractivity contribution is 0.0746. The average molecular weight is 270 g/mol. The SMILES string of the molecule is CCC(C)CN(CC)C(=O)c1sc(NC)nc1N. The quantitative estimate of drug-likeness (QED) is 0.832. The molecule has 1 heterocycles. The Kier molecular flexibility index (Phi) is 5.40. The van der Waals surface area contributed by atoms with E-state index in [4.69, 9.17) is 5.73 Å². The van der Waals surface area contributed by atoms with Gasteiger partial charge in [0, 0.05) is 20.1 Å². The van der Waals surface area contributed by atoms with Crippen molar-refractivity contribution in [3.05, 3.63) is 4.88 Å². The highest BCUT2D eigenvalue weighted by Crippen LogP contribution is 2.26. The van der Waals surface area contributed by atoms with Crippen LogP contribution in [-0.2, 0) is 0 Å². The molecule has 0 fully saturated rings. The summed E-state index contributed by atoms with van der Waals surface area (Å²) in [7, 11) is 1.77. The summed E-state index contributed by atoms with van der Waals surface area (Å²) < 4.78 is 0. The third-order valence-corrected chi connectivity index (χ3v) is 4.04. The molecule has 1 aromatic heterocycles. The first-order valence-corrected chi connectivity index (χ1v) is 7.08. The van der Waals surface area contributed by atoms with Gasteiger partial charge < -0.3 is 16.0 Å². The maximum absolute atomic E-state index is 12.4. The van der Waals surface area contributed by atoms with Crippen LogP contribution >= 0.6 is 11.3 Å². The lowest BCUT2D eigenvalue weighted by atomic mass is 10.1. The van der Waals surface area contributed by atoms with Gasteiger partial charge in [0.15, 0.2) is 5.13 Å². The van der Waals surface area contributed by atoms with Gasteiger partial charge in [-0.05, 0) is 12.8 Å². The van der Waals surface area contributed by atoms with Crippen LogP contribution in [-0.4, -0.2) is 35.9 Å². The minimum atomic E-state index is -0.0192. The second-order valence-electron chi connectivity index (χ2n) is 4.34. The lowest BCUT2D eigenvalue weighted by Crippen LogP contribution is -2.34. The van der Waals surface area contributed by atoms with E-state index in [1.807, 2.05) is 11.8 Å². The zero-order valence-corrected chi connectivity index (χ0v) is 12.3. The Morgan fingerprint density at radius 3 is 2.67 bits per heavy atom. The van der Waals surface area contributed by atoms with Gasteiger partial charge in [-0.3, -0.25) is 4.79 Å². The highest BCUT2D eigenvalue weighted by molar-refractivity contribution is 7.18. The molecule has 1 rings (SSSR count). The van der Waals surface area contributed by atoms with Crippen molar-refractivity contribution in [1.29, 1.82) is 0 Å². The number of carbonyl (C=O) groups excluding carboxylic acids is 1. The van der Waals surface area contributed by atoms with Crippen LogP contribution in [0.15, 0.2) is 0 Å². The summed E-state index contributed by atoms with van der Waals surface area (Å²) in [5.41, 5.74) is 5.79. The van der Waals surface area contributed by atoms with Gasteiger partial charge in [0.05, 0.1) is 0 Å². The van der Waals surface area contributed by atoms with Crippen molar-refractivity contribution < 1.29 is 4.79 Å². The second kappa shape index (κ2) is 6.58. The molecule has 0 aliphatic rings. The second-order valence-corrected chi connectivity index (χ2v) is 5.34. The maximum atomic E-state index is 12.4. The summed E-state index contributed by atoms with van der Waals surface area (Å²) in [4.78, 5) is 18.8. The summed E-state index contributed by atoms with van der Waals surface area (Å²) in [6.45, 7) is 7.71. The lowest BCUT2D eigenvalue weighted by Gasteiger charge is -2.23. The number of hydrogen-bond acceptors (Lipinski definition) is 5. The number of thiazole rings is 1. The van der Waals surface area contributed by atoms with Crippen LogP contribution in [0.5, 0.6) is 0 Å². The summed E-state index contributed by atoms with van der Waals surface area (Å²) in [5, 5.41) is 3.58. The van der Waals surface area contributed by atoms with Crippen molar-refractivity contribution in [3.8, 4) is 0 Å². The zero-order chi connectivity index (χ0) is 13.7. The van der Waals surface area contributed by atoms with Crippen LogP contribution in [0.2, 0.25) is 0 Å². The van der Waals surface area contributed by atoms with Crippen LogP contribution < -0.4 is 11.1 Å². The first-order valence-electron chi connectivity index (χ1n) is 6.26. The molecule has 0 saturated heterocycles. The van der Waals surface area contributed by atoms with Crippen molar-refractivity contribution in [2.24, 2.45) is 5.92 Å². The highest BCUT2D eigenvalue weighted by atomic mass is 32.1. The zero-order valence-electron chi connectivity index (χ0n) is 11.5. The molecule has 3 N–H and O–H groups in total. The number of anilines is 2. The summed E-state index contributed by atoms with van der Waals surface area (Å²) in [5.74, 6) is 0.790. The first kappa shape index (κ1) is 14.8. The van der Waals surface area contributed by atoms with E-state index in [-0.39, 0.29) is 5.91 Å². The molecule has 0 bridgehead atoms. The third-order valence-electron chi connectivity index (χ3n) is 2.96. The van der Waals surface area contributed by atoms with E-state index in [9.17, 15) is 4.79 Å². The van der Waals surface area contributed by atoms with Crippen LogP contribution in [0.1, 0.15) is 36.9 Å². The highest BCUT2D eigenvalue weighted by Gasteiger charge is 2.21. The predicted molar refractivity (Wildman–Crippen MR) is 77.1 cm³/mol. The Balaban J connectivity index is 2.85. The van der Waals surface area contributed by atoms with Gasteiger partial charge >= 0.3 is 0 Å². The molecule has 1 aromatic rings. The van der Waals surface area contributed by atoms with Gasteiger partial charge in [-0.1, -0.05) is 31.6 Å². The van der Waals surface area contributed by atoms with Crippen molar-refractivity contribution in [3.63, 3.8) is 0 Å². The van der Waals surface area contributed by atoms with E-state index in [0.29, 0.717) is 28.3 Å². The van der Waals surface area contributed by atoms with E-state index in [2.05, 4.69) is 24.1 Å². The van der Waals surface area contributed by atoms with E-state index in [1.54, 1.807) is 7.05 Å². The molecule has 0 aliphatic heterocycles. The summed E-state index contributed by atoms with van der Waals surface area (Å²) >= 11 is 1.31. The maximum Gasteiger partial charge on any atom is 0.267 e. The number of nitrogens with two attached hydrogens (primary N) is 1. The molecule has 0 aliphatic carbocycles. The Morgan fingerprint density at radius 2 is 2.22 bits per heavy atom. The number of aromatic nitrogens is 1. The number of hydrogen-bond donors (Lipinski definition) is 2. The Morgan fingerprint density at radius 1 is 1.56 bits per heavy atom. The molecular formula is C12H22N4OS. The Labute approximate surface area is 112 Å². The van der Waals surface area contributed by atoms with Crippen molar-refractivity contribution in [1.82, 2.24) is 9.88 Å². The number of amides is 1. The number of nitrogen functional groups attached to an aromatic ring is 1. The molecule has 0 saturated carbocycles. The van der Waals surface area contributed by atoms with Gasteiger partial charge in [-0.15, -0.1) is 0 Å². The summed E-state index contributed by atoms with van der Waals surface area (Å²) in [6.07, 6.45) is 1.06. The molecule has 0 aromatic carbocycles. The fourth-order valence-electron chi connectivity index (χ4n) is 1.60.